The number of fused-ring (bicyclic) bond motifs is 3. The first kappa shape index (κ1) is 11.8. The van der Waals surface area contributed by atoms with Crippen LogP contribution in [0.3, 0.4) is 0 Å². The van der Waals surface area contributed by atoms with Gasteiger partial charge in [0.2, 0.25) is 0 Å². The van der Waals surface area contributed by atoms with Gasteiger partial charge in [0, 0.05) is 18.1 Å². The molecule has 6 heteroatoms. The van der Waals surface area contributed by atoms with Gasteiger partial charge in [-0.3, -0.25) is 0 Å². The van der Waals surface area contributed by atoms with Crippen LogP contribution in [0.1, 0.15) is 25.5 Å². The maximum Gasteiger partial charge on any atom is 0.160 e. The van der Waals surface area contributed by atoms with Crippen molar-refractivity contribution in [3.63, 3.8) is 0 Å². The quantitative estimate of drug-likeness (QED) is 0.739. The fourth-order valence-corrected chi connectivity index (χ4v) is 2.85. The molecule has 1 fully saturated rings. The van der Waals surface area contributed by atoms with E-state index in [0.29, 0.717) is 17.5 Å². The minimum absolute atomic E-state index is 0.131. The van der Waals surface area contributed by atoms with Gasteiger partial charge >= 0.3 is 0 Å². The number of ether oxygens (including phenoxy) is 1. The molecule has 1 aromatic carbocycles. The van der Waals surface area contributed by atoms with Crippen molar-refractivity contribution in [1.82, 2.24) is 14.8 Å². The van der Waals surface area contributed by atoms with Crippen molar-refractivity contribution in [1.29, 1.82) is 0 Å². The van der Waals surface area contributed by atoms with Crippen molar-refractivity contribution in [2.45, 2.75) is 25.5 Å². The number of nitrogens with one attached hydrogen (secondary N) is 1. The van der Waals surface area contributed by atoms with E-state index in [-0.39, 0.29) is 6.23 Å². The minimum Gasteiger partial charge on any atom is -0.356 e. The predicted octanol–water partition coefficient (Wildman–Crippen LogP) is 3.49. The van der Waals surface area contributed by atoms with E-state index in [1.54, 1.807) is 10.9 Å². The first-order valence-corrected chi connectivity index (χ1v) is 6.69. The average Bonchev–Trinajstić information content (AvgIpc) is 3.00. The number of aromatic amines is 1. The number of rotatable bonds is 1. The van der Waals surface area contributed by atoms with E-state index in [9.17, 15) is 8.78 Å². The van der Waals surface area contributed by atoms with Gasteiger partial charge in [-0.25, -0.2) is 13.5 Å². The fourth-order valence-electron chi connectivity index (χ4n) is 2.85. The topological polar surface area (TPSA) is 42.8 Å². The highest BCUT2D eigenvalue weighted by Gasteiger charge is 2.21. The molecule has 2 aromatic heterocycles. The Morgan fingerprint density at radius 3 is 2.85 bits per heavy atom. The van der Waals surface area contributed by atoms with Gasteiger partial charge < -0.3 is 9.72 Å². The molecule has 0 bridgehead atoms. The van der Waals surface area contributed by atoms with Crippen LogP contribution in [-0.2, 0) is 4.74 Å². The van der Waals surface area contributed by atoms with E-state index in [0.717, 1.165) is 30.3 Å². The summed E-state index contributed by atoms with van der Waals surface area (Å²) in [5.74, 6) is -1.70. The third-order valence-corrected chi connectivity index (χ3v) is 3.81. The van der Waals surface area contributed by atoms with Crippen LogP contribution in [0.4, 0.5) is 8.78 Å². The first-order valence-electron chi connectivity index (χ1n) is 6.69. The van der Waals surface area contributed by atoms with Crippen LogP contribution in [0.15, 0.2) is 18.3 Å². The average molecular weight is 277 g/mol. The predicted molar refractivity (Wildman–Crippen MR) is 70.3 cm³/mol. The van der Waals surface area contributed by atoms with Crippen LogP contribution in [0, 0.1) is 11.6 Å². The number of hydrogen-bond donors (Lipinski definition) is 1. The summed E-state index contributed by atoms with van der Waals surface area (Å²) in [5, 5.41) is 4.96. The highest BCUT2D eigenvalue weighted by Crippen LogP contribution is 2.31. The highest BCUT2D eigenvalue weighted by atomic mass is 19.2. The standard InChI is InChI=1S/C14H13F2N3O/c15-9-5-8-11(6-10(9)16)18-12-7-17-19(14(8)12)13-3-1-2-4-20-13/h5-7,13,18H,1-4H2. The normalized spacial score (nSPS) is 20.0. The molecule has 4 nitrogen and oxygen atoms in total. The number of H-pyrrole nitrogens is 1. The lowest BCUT2D eigenvalue weighted by Crippen LogP contribution is -2.18. The number of halogens is 2. The van der Waals surface area contributed by atoms with Gasteiger partial charge in [0.15, 0.2) is 17.9 Å². The maximum atomic E-state index is 13.5. The van der Waals surface area contributed by atoms with Crippen molar-refractivity contribution in [2.24, 2.45) is 0 Å². The Kier molecular flexibility index (Phi) is 2.53. The lowest BCUT2D eigenvalue weighted by atomic mass is 10.2. The molecule has 0 saturated carbocycles. The van der Waals surface area contributed by atoms with E-state index in [1.165, 1.54) is 12.1 Å². The van der Waals surface area contributed by atoms with Gasteiger partial charge in [0.25, 0.3) is 0 Å². The number of aromatic nitrogens is 3. The molecule has 0 amide bonds. The molecule has 1 aliphatic heterocycles. The van der Waals surface area contributed by atoms with Crippen molar-refractivity contribution in [3.8, 4) is 0 Å². The Morgan fingerprint density at radius 1 is 1.20 bits per heavy atom. The fraction of sp³-hybridized carbons (Fsp3) is 0.357. The monoisotopic (exact) mass is 277 g/mol. The Morgan fingerprint density at radius 2 is 2.05 bits per heavy atom. The van der Waals surface area contributed by atoms with Crippen LogP contribution < -0.4 is 0 Å². The molecular formula is C14H13F2N3O. The van der Waals surface area contributed by atoms with E-state index >= 15 is 0 Å². The lowest BCUT2D eigenvalue weighted by molar-refractivity contribution is -0.0365. The Balaban J connectivity index is 1.95. The third kappa shape index (κ3) is 1.64. The molecule has 1 atom stereocenters. The summed E-state index contributed by atoms with van der Waals surface area (Å²) < 4.78 is 34.3. The zero-order valence-electron chi connectivity index (χ0n) is 10.7. The van der Waals surface area contributed by atoms with Crippen LogP contribution >= 0.6 is 0 Å². The second-order valence-electron chi connectivity index (χ2n) is 5.11. The van der Waals surface area contributed by atoms with E-state index in [4.69, 9.17) is 4.74 Å². The largest absolute Gasteiger partial charge is 0.356 e. The molecule has 1 saturated heterocycles. The van der Waals surface area contributed by atoms with Gasteiger partial charge in [-0.1, -0.05) is 0 Å². The van der Waals surface area contributed by atoms with E-state index in [1.807, 2.05) is 0 Å². The van der Waals surface area contributed by atoms with E-state index in [2.05, 4.69) is 10.1 Å². The zero-order chi connectivity index (χ0) is 13.7. The number of hydrogen-bond acceptors (Lipinski definition) is 2. The third-order valence-electron chi connectivity index (χ3n) is 3.81. The second kappa shape index (κ2) is 4.28. The molecule has 1 aliphatic rings. The van der Waals surface area contributed by atoms with E-state index < -0.39 is 11.6 Å². The molecule has 1 N–H and O–H groups in total. The Hall–Kier alpha value is -1.95. The molecule has 1 unspecified atom stereocenters. The summed E-state index contributed by atoms with van der Waals surface area (Å²) in [7, 11) is 0. The highest BCUT2D eigenvalue weighted by molar-refractivity contribution is 6.05. The van der Waals surface area contributed by atoms with Crippen molar-refractivity contribution in [2.75, 3.05) is 6.61 Å². The van der Waals surface area contributed by atoms with Crippen LogP contribution in [-0.4, -0.2) is 21.4 Å². The number of benzene rings is 1. The second-order valence-corrected chi connectivity index (χ2v) is 5.11. The van der Waals surface area contributed by atoms with Crippen molar-refractivity contribution >= 4 is 21.9 Å². The Bertz CT molecular complexity index is 787. The molecule has 4 rings (SSSR count). The summed E-state index contributed by atoms with van der Waals surface area (Å²) >= 11 is 0. The van der Waals surface area contributed by atoms with Crippen LogP contribution in [0.5, 0.6) is 0 Å². The summed E-state index contributed by atoms with van der Waals surface area (Å²) in [4.78, 5) is 3.06. The van der Waals surface area contributed by atoms with Crippen LogP contribution in [0.25, 0.3) is 21.9 Å². The van der Waals surface area contributed by atoms with Crippen molar-refractivity contribution in [3.05, 3.63) is 30.0 Å². The molecule has 0 radical (unpaired) electrons. The summed E-state index contributed by atoms with van der Waals surface area (Å²) in [6.07, 6.45) is 4.55. The summed E-state index contributed by atoms with van der Waals surface area (Å²) in [5.41, 5.74) is 2.10. The van der Waals surface area contributed by atoms with Crippen molar-refractivity contribution < 1.29 is 13.5 Å². The molecule has 3 aromatic rings. The van der Waals surface area contributed by atoms with Gasteiger partial charge in [-0.2, -0.15) is 5.10 Å². The molecule has 104 valence electrons. The minimum atomic E-state index is -0.852. The maximum absolute atomic E-state index is 13.5. The molecule has 3 heterocycles. The Labute approximate surface area is 113 Å². The van der Waals surface area contributed by atoms with Crippen LogP contribution in [0.2, 0.25) is 0 Å². The molecular weight excluding hydrogens is 264 g/mol. The zero-order valence-corrected chi connectivity index (χ0v) is 10.7. The van der Waals surface area contributed by atoms with Gasteiger partial charge in [0.1, 0.15) is 0 Å². The SMILES string of the molecule is Fc1cc2[nH]c3cnn(C4CCCCO4)c3c2cc1F. The molecule has 20 heavy (non-hydrogen) atoms. The number of nitrogens with zero attached hydrogens (tertiary/aromatic N) is 2. The summed E-state index contributed by atoms with van der Waals surface area (Å²) in [6, 6.07) is 2.39. The molecule has 0 aliphatic carbocycles. The first-order chi connectivity index (χ1) is 9.74. The van der Waals surface area contributed by atoms with Gasteiger partial charge in [0.05, 0.1) is 22.7 Å². The molecule has 0 spiro atoms. The summed E-state index contributed by atoms with van der Waals surface area (Å²) in [6.45, 7) is 0.706. The van der Waals surface area contributed by atoms with Gasteiger partial charge in [-0.05, 0) is 25.3 Å². The van der Waals surface area contributed by atoms with Gasteiger partial charge in [-0.15, -0.1) is 0 Å². The lowest BCUT2D eigenvalue weighted by Gasteiger charge is -2.23. The smallest absolute Gasteiger partial charge is 0.160 e.